The second kappa shape index (κ2) is 10.9. The van der Waals surface area contributed by atoms with Crippen molar-refractivity contribution in [1.82, 2.24) is 33.8 Å². The first-order chi connectivity index (χ1) is 21.8. The van der Waals surface area contributed by atoms with Crippen molar-refractivity contribution in [3.63, 3.8) is 0 Å². The first kappa shape index (κ1) is 30.9. The van der Waals surface area contributed by atoms with Gasteiger partial charge in [0.05, 0.1) is 29.2 Å². The lowest BCUT2D eigenvalue weighted by molar-refractivity contribution is -0.134. The fraction of sp³-hybridized carbons (Fsp3) is 0.433. The molecule has 0 saturated heterocycles. The number of rotatable bonds is 7. The predicted octanol–water partition coefficient (Wildman–Crippen LogP) is 5.47. The van der Waals surface area contributed by atoms with Gasteiger partial charge in [0.15, 0.2) is 5.01 Å². The predicted molar refractivity (Wildman–Crippen MR) is 159 cm³/mol. The highest BCUT2D eigenvalue weighted by Crippen LogP contribution is 2.53. The number of benzene rings is 1. The van der Waals surface area contributed by atoms with Crippen molar-refractivity contribution in [2.45, 2.75) is 68.9 Å². The molecule has 0 radical (unpaired) electrons. The quantitative estimate of drug-likeness (QED) is 0.189. The maximum absolute atomic E-state index is 14.5. The van der Waals surface area contributed by atoms with Crippen LogP contribution in [-0.2, 0) is 29.7 Å². The summed E-state index contributed by atoms with van der Waals surface area (Å²) in [6.07, 6.45) is 2.79. The van der Waals surface area contributed by atoms with Gasteiger partial charge in [0.1, 0.15) is 17.0 Å². The molecule has 10 nitrogen and oxygen atoms in total. The Bertz CT molecular complexity index is 1960. The van der Waals surface area contributed by atoms with E-state index in [-0.39, 0.29) is 29.0 Å². The van der Waals surface area contributed by atoms with Crippen LogP contribution >= 0.6 is 11.3 Å². The summed E-state index contributed by atoms with van der Waals surface area (Å²) in [6.45, 7) is 2.04. The molecule has 0 amide bonds. The lowest BCUT2D eigenvalue weighted by Crippen LogP contribution is -2.56. The van der Waals surface area contributed by atoms with Crippen molar-refractivity contribution in [2.75, 3.05) is 0 Å². The molecular formula is C30H29F4N7O3S2. The molecule has 0 spiro atoms. The molecule has 242 valence electrons. The average Bonchev–Trinajstić information content (AvgIpc) is 3.75. The number of fused-ring (bicyclic) bond motifs is 2. The lowest BCUT2D eigenvalue weighted by atomic mass is 9.60. The van der Waals surface area contributed by atoms with E-state index < -0.39 is 44.1 Å². The van der Waals surface area contributed by atoms with E-state index in [0.29, 0.717) is 71.7 Å². The van der Waals surface area contributed by atoms with E-state index >= 15 is 0 Å². The fourth-order valence-corrected chi connectivity index (χ4v) is 9.65. The minimum Gasteiger partial charge on any atom is -0.290 e. The summed E-state index contributed by atoms with van der Waals surface area (Å²) >= 11 is 0.290. The molecule has 1 aromatic carbocycles. The Morgan fingerprint density at radius 3 is 2.48 bits per heavy atom. The van der Waals surface area contributed by atoms with Crippen molar-refractivity contribution < 1.29 is 30.8 Å². The Balaban J connectivity index is 1.33. The first-order valence-corrected chi connectivity index (χ1v) is 17.0. The molecule has 0 unspecified atom stereocenters. The molecule has 0 bridgehead atoms. The van der Waals surface area contributed by atoms with E-state index in [0.717, 1.165) is 0 Å². The third-order valence-electron chi connectivity index (χ3n) is 9.28. The normalized spacial score (nSPS) is 24.7. The first-order valence-electron chi connectivity index (χ1n) is 14.8. The molecule has 4 aromatic rings. The number of hydrogen-bond donors (Lipinski definition) is 0. The van der Waals surface area contributed by atoms with E-state index in [4.69, 9.17) is 0 Å². The van der Waals surface area contributed by atoms with Crippen LogP contribution in [0, 0.1) is 17.2 Å². The SMILES string of the molecule is CC1CC(N([C@H]2CCC3=Cc4c(cnn4-c4ccc(F)cc4)C[C@]3(C(=O)c3ncc(C(F)(F)F)s3)C2)S(=O)(=O)c2ncn(C)n2)C1. The molecule has 3 aromatic heterocycles. The van der Waals surface area contributed by atoms with Crippen molar-refractivity contribution in [3.05, 3.63) is 75.5 Å². The van der Waals surface area contributed by atoms with Gasteiger partial charge in [-0.25, -0.2) is 27.5 Å². The Labute approximate surface area is 265 Å². The van der Waals surface area contributed by atoms with Crippen LogP contribution < -0.4 is 0 Å². The van der Waals surface area contributed by atoms with Crippen molar-refractivity contribution >= 4 is 33.2 Å². The van der Waals surface area contributed by atoms with Gasteiger partial charge in [-0.1, -0.05) is 12.5 Å². The second-order valence-electron chi connectivity index (χ2n) is 12.4. The highest BCUT2D eigenvalue weighted by molar-refractivity contribution is 7.89. The average molecular weight is 676 g/mol. The van der Waals surface area contributed by atoms with Crippen LogP contribution in [0.5, 0.6) is 0 Å². The van der Waals surface area contributed by atoms with Crippen molar-refractivity contribution in [1.29, 1.82) is 0 Å². The monoisotopic (exact) mass is 675 g/mol. The zero-order valence-electron chi connectivity index (χ0n) is 24.8. The summed E-state index contributed by atoms with van der Waals surface area (Å²) in [4.78, 5) is 21.4. The smallest absolute Gasteiger partial charge is 0.290 e. The number of halogens is 4. The van der Waals surface area contributed by atoms with Gasteiger partial charge in [-0.05, 0) is 80.3 Å². The summed E-state index contributed by atoms with van der Waals surface area (Å²) in [5.41, 5.74) is 1.24. The third-order valence-corrected chi connectivity index (χ3v) is 12.1. The minimum atomic E-state index is -4.67. The lowest BCUT2D eigenvalue weighted by Gasteiger charge is -2.50. The van der Waals surface area contributed by atoms with Crippen LogP contribution in [0.25, 0.3) is 11.8 Å². The number of ketones is 1. The Hall–Kier alpha value is -3.76. The number of carbonyl (C=O) groups is 1. The Morgan fingerprint density at radius 2 is 1.85 bits per heavy atom. The molecule has 0 N–H and O–H groups in total. The van der Waals surface area contributed by atoms with E-state index in [9.17, 15) is 30.8 Å². The van der Waals surface area contributed by atoms with E-state index in [1.165, 1.54) is 27.4 Å². The molecule has 2 fully saturated rings. The van der Waals surface area contributed by atoms with Gasteiger partial charge in [0.25, 0.3) is 15.2 Å². The molecule has 0 aliphatic heterocycles. The van der Waals surface area contributed by atoms with Gasteiger partial charge >= 0.3 is 6.18 Å². The minimum absolute atomic E-state index is 0.0384. The highest BCUT2D eigenvalue weighted by Gasteiger charge is 2.54. The van der Waals surface area contributed by atoms with Gasteiger partial charge in [-0.2, -0.15) is 22.6 Å². The molecule has 16 heteroatoms. The molecule has 3 heterocycles. The van der Waals surface area contributed by atoms with Crippen molar-refractivity contribution in [3.8, 4) is 5.69 Å². The van der Waals surface area contributed by atoms with E-state index in [1.807, 2.05) is 13.0 Å². The molecular weight excluding hydrogens is 647 g/mol. The molecule has 46 heavy (non-hydrogen) atoms. The summed E-state index contributed by atoms with van der Waals surface area (Å²) in [6, 6.07) is 4.80. The zero-order chi connectivity index (χ0) is 32.6. The van der Waals surface area contributed by atoms with Gasteiger partial charge in [0.2, 0.25) is 5.78 Å². The fourth-order valence-electron chi connectivity index (χ4n) is 7.09. The number of alkyl halides is 3. The van der Waals surface area contributed by atoms with Gasteiger partial charge in [0, 0.05) is 19.1 Å². The topological polar surface area (TPSA) is 116 Å². The number of nitrogens with zero attached hydrogens (tertiary/aromatic N) is 7. The van der Waals surface area contributed by atoms with E-state index in [2.05, 4.69) is 20.2 Å². The molecule has 2 atom stereocenters. The molecule has 3 aliphatic carbocycles. The number of carbonyl (C=O) groups excluding carboxylic acids is 1. The van der Waals surface area contributed by atoms with Crippen LogP contribution in [0.2, 0.25) is 0 Å². The number of aromatic nitrogens is 6. The number of sulfonamides is 1. The van der Waals surface area contributed by atoms with Gasteiger partial charge in [-0.3, -0.25) is 9.48 Å². The van der Waals surface area contributed by atoms with Gasteiger partial charge in [-0.15, -0.1) is 16.4 Å². The number of Topliss-reactive ketones (excluding diaryl/α,β-unsaturated/α-hetero) is 1. The summed E-state index contributed by atoms with van der Waals surface area (Å²) in [5, 5.41) is 7.96. The number of thiazole rings is 1. The zero-order valence-corrected chi connectivity index (χ0v) is 26.4. The Kier molecular flexibility index (Phi) is 7.32. The standard InChI is InChI=1S/C30H29F4N7O3S2/c1-17-9-23(10-17)41(46(43,44)28-36-16-39(2)38-28)22-6-3-19-11-24-18(14-37-40(24)21-7-4-20(31)5-8-21)12-29(19,13-22)26(42)27-35-15-25(45-27)30(32,33)34/h4-5,7-8,11,14-17,22-23H,3,6,9-10,12-13H2,1-2H3/t17?,22-,23?,29-/m0/s1. The van der Waals surface area contributed by atoms with Crippen LogP contribution in [0.15, 0.2) is 53.7 Å². The maximum Gasteiger partial charge on any atom is 0.427 e. The molecule has 3 aliphatic rings. The third kappa shape index (κ3) is 5.10. The van der Waals surface area contributed by atoms with Crippen LogP contribution in [0.1, 0.15) is 65.0 Å². The summed E-state index contributed by atoms with van der Waals surface area (Å²) < 4.78 is 87.0. The van der Waals surface area contributed by atoms with Crippen LogP contribution in [0.3, 0.4) is 0 Å². The summed E-state index contributed by atoms with van der Waals surface area (Å²) in [5.74, 6) is -0.687. The Morgan fingerprint density at radius 1 is 1.11 bits per heavy atom. The van der Waals surface area contributed by atoms with Crippen LogP contribution in [0.4, 0.5) is 17.6 Å². The second-order valence-corrected chi connectivity index (χ2v) is 15.2. The number of allylic oxidation sites excluding steroid dienone is 1. The largest absolute Gasteiger partial charge is 0.427 e. The molecule has 7 rings (SSSR count). The highest BCUT2D eigenvalue weighted by atomic mass is 32.2. The van der Waals surface area contributed by atoms with E-state index in [1.54, 1.807) is 30.1 Å². The van der Waals surface area contributed by atoms with Crippen LogP contribution in [-0.4, -0.2) is 60.1 Å². The summed E-state index contributed by atoms with van der Waals surface area (Å²) in [7, 11) is -2.61. The number of hydrogen-bond acceptors (Lipinski definition) is 8. The van der Waals surface area contributed by atoms with Gasteiger partial charge < -0.3 is 0 Å². The van der Waals surface area contributed by atoms with Crippen molar-refractivity contribution in [2.24, 2.45) is 18.4 Å². The maximum atomic E-state index is 14.5. The molecule has 2 saturated carbocycles. The number of aryl methyl sites for hydroxylation is 1.